The number of hydrogen-bond donors (Lipinski definition) is 1. The molecule has 1 aromatic rings. The number of nitrogens with zero attached hydrogens (tertiary/aromatic N) is 1. The van der Waals surface area contributed by atoms with Gasteiger partial charge in [-0.15, -0.1) is 0 Å². The molecule has 0 amide bonds. The molecule has 1 aliphatic heterocycles. The van der Waals surface area contributed by atoms with E-state index >= 15 is 0 Å². The van der Waals surface area contributed by atoms with Gasteiger partial charge in [-0.25, -0.2) is 0 Å². The van der Waals surface area contributed by atoms with Crippen LogP contribution >= 0.6 is 27.7 Å². The predicted octanol–water partition coefficient (Wildman–Crippen LogP) is 4.77. The Kier molecular flexibility index (Phi) is 5.13. The molecule has 0 aromatic heterocycles. The third-order valence-electron chi connectivity index (χ3n) is 3.37. The van der Waals surface area contributed by atoms with Gasteiger partial charge >= 0.3 is 0 Å². The van der Waals surface area contributed by atoms with Crippen molar-refractivity contribution in [3.05, 3.63) is 28.7 Å². The van der Waals surface area contributed by atoms with Crippen molar-refractivity contribution in [2.24, 2.45) is 10.9 Å². The van der Waals surface area contributed by atoms with Gasteiger partial charge in [0.15, 0.2) is 5.17 Å². The predicted molar refractivity (Wildman–Crippen MR) is 85.5 cm³/mol. The third kappa shape index (κ3) is 3.29. The summed E-state index contributed by atoms with van der Waals surface area (Å²) in [6.07, 6.45) is 2.48. The monoisotopic (exact) mass is 326 g/mol. The molecule has 0 spiro atoms. The van der Waals surface area contributed by atoms with Gasteiger partial charge in [-0.05, 0) is 34.0 Å². The van der Waals surface area contributed by atoms with Gasteiger partial charge in [-0.3, -0.25) is 4.99 Å². The first kappa shape index (κ1) is 13.9. The highest BCUT2D eigenvalue weighted by molar-refractivity contribution is 9.10. The molecule has 18 heavy (non-hydrogen) atoms. The molecule has 1 unspecified atom stereocenters. The molecule has 2 rings (SSSR count). The maximum absolute atomic E-state index is 4.62. The molecular formula is C14H19BrN2S. The Morgan fingerprint density at radius 3 is 2.78 bits per heavy atom. The van der Waals surface area contributed by atoms with E-state index in [1.807, 2.05) is 30.0 Å². The standard InChI is InChI=1S/C14H19BrN2S/c1-3-10(4-2)13-9-16-14(18-13)17-12-8-6-5-7-11(12)15/h5-8,10,13H,3-4,9H2,1-2H3,(H,16,17). The van der Waals surface area contributed by atoms with E-state index < -0.39 is 0 Å². The zero-order valence-corrected chi connectivity index (χ0v) is 13.2. The van der Waals surface area contributed by atoms with Crippen LogP contribution in [-0.4, -0.2) is 17.0 Å². The van der Waals surface area contributed by atoms with Gasteiger partial charge in [-0.1, -0.05) is 50.6 Å². The lowest BCUT2D eigenvalue weighted by atomic mass is 9.99. The lowest BCUT2D eigenvalue weighted by molar-refractivity contribution is 0.479. The first-order valence-electron chi connectivity index (χ1n) is 6.47. The van der Waals surface area contributed by atoms with Crippen LogP contribution in [0.25, 0.3) is 0 Å². The van der Waals surface area contributed by atoms with E-state index in [1.54, 1.807) is 0 Å². The maximum Gasteiger partial charge on any atom is 0.161 e. The van der Waals surface area contributed by atoms with Gasteiger partial charge in [0.2, 0.25) is 0 Å². The van der Waals surface area contributed by atoms with Gasteiger partial charge in [0, 0.05) is 9.72 Å². The average molecular weight is 327 g/mol. The second-order valence-electron chi connectivity index (χ2n) is 4.48. The van der Waals surface area contributed by atoms with Crippen molar-refractivity contribution in [2.75, 3.05) is 11.9 Å². The van der Waals surface area contributed by atoms with E-state index in [2.05, 4.69) is 46.2 Å². The number of anilines is 1. The number of aliphatic imine (C=N–C) groups is 1. The summed E-state index contributed by atoms with van der Waals surface area (Å²) in [5.41, 5.74) is 1.09. The second kappa shape index (κ2) is 6.62. The van der Waals surface area contributed by atoms with Crippen molar-refractivity contribution < 1.29 is 0 Å². The summed E-state index contributed by atoms with van der Waals surface area (Å²) >= 11 is 5.44. The van der Waals surface area contributed by atoms with Crippen LogP contribution in [-0.2, 0) is 0 Å². The van der Waals surface area contributed by atoms with E-state index in [4.69, 9.17) is 0 Å². The van der Waals surface area contributed by atoms with Gasteiger partial charge < -0.3 is 5.32 Å². The van der Waals surface area contributed by atoms with Gasteiger partial charge in [0.25, 0.3) is 0 Å². The number of nitrogens with one attached hydrogen (secondary N) is 1. The molecule has 1 atom stereocenters. The number of benzene rings is 1. The molecule has 1 aliphatic rings. The molecule has 0 saturated heterocycles. The smallest absolute Gasteiger partial charge is 0.161 e. The minimum absolute atomic E-state index is 0.644. The molecule has 0 radical (unpaired) electrons. The van der Waals surface area contributed by atoms with E-state index in [0.29, 0.717) is 5.25 Å². The summed E-state index contributed by atoms with van der Waals surface area (Å²) in [5.74, 6) is 0.775. The Morgan fingerprint density at radius 2 is 2.11 bits per heavy atom. The van der Waals surface area contributed by atoms with Crippen LogP contribution in [0, 0.1) is 5.92 Å². The second-order valence-corrected chi connectivity index (χ2v) is 6.57. The first-order chi connectivity index (χ1) is 8.74. The summed E-state index contributed by atoms with van der Waals surface area (Å²) in [6, 6.07) is 8.16. The van der Waals surface area contributed by atoms with Crippen molar-refractivity contribution >= 4 is 38.5 Å². The Morgan fingerprint density at radius 1 is 1.39 bits per heavy atom. The van der Waals surface area contributed by atoms with E-state index in [0.717, 1.165) is 27.8 Å². The van der Waals surface area contributed by atoms with Crippen molar-refractivity contribution in [1.29, 1.82) is 0 Å². The zero-order chi connectivity index (χ0) is 13.0. The molecule has 1 N–H and O–H groups in total. The molecule has 0 saturated carbocycles. The van der Waals surface area contributed by atoms with Crippen molar-refractivity contribution in [3.63, 3.8) is 0 Å². The van der Waals surface area contributed by atoms with Gasteiger partial charge in [-0.2, -0.15) is 0 Å². The summed E-state index contributed by atoms with van der Waals surface area (Å²) in [5, 5.41) is 5.11. The number of halogens is 1. The Hall–Kier alpha value is -0.480. The average Bonchev–Trinajstić information content (AvgIpc) is 2.82. The summed E-state index contributed by atoms with van der Waals surface area (Å²) in [6.45, 7) is 5.49. The molecule has 2 nitrogen and oxygen atoms in total. The first-order valence-corrected chi connectivity index (χ1v) is 8.14. The van der Waals surface area contributed by atoms with Crippen molar-refractivity contribution in [2.45, 2.75) is 31.9 Å². The lowest BCUT2D eigenvalue weighted by Gasteiger charge is -2.18. The summed E-state index contributed by atoms with van der Waals surface area (Å²) in [7, 11) is 0. The van der Waals surface area contributed by atoms with Gasteiger partial charge in [0.05, 0.1) is 12.2 Å². The van der Waals surface area contributed by atoms with Crippen LogP contribution in [0.15, 0.2) is 33.7 Å². The fraction of sp³-hybridized carbons (Fsp3) is 0.500. The molecular weight excluding hydrogens is 308 g/mol. The molecule has 1 heterocycles. The fourth-order valence-electron chi connectivity index (χ4n) is 2.20. The molecule has 0 bridgehead atoms. The van der Waals surface area contributed by atoms with E-state index in [1.165, 1.54) is 12.8 Å². The molecule has 0 fully saturated rings. The molecule has 0 aliphatic carbocycles. The van der Waals surface area contributed by atoms with Gasteiger partial charge in [0.1, 0.15) is 0 Å². The normalized spacial score (nSPS) is 19.1. The Bertz CT molecular complexity index is 430. The number of thioether (sulfide) groups is 1. The van der Waals surface area contributed by atoms with Crippen LogP contribution in [0.3, 0.4) is 0 Å². The topological polar surface area (TPSA) is 24.4 Å². The minimum Gasteiger partial charge on any atom is -0.334 e. The highest BCUT2D eigenvalue weighted by Gasteiger charge is 2.26. The number of amidine groups is 1. The largest absolute Gasteiger partial charge is 0.334 e. The highest BCUT2D eigenvalue weighted by Crippen LogP contribution is 2.32. The Labute approximate surface area is 122 Å². The molecule has 4 heteroatoms. The lowest BCUT2D eigenvalue weighted by Crippen LogP contribution is -2.17. The summed E-state index contributed by atoms with van der Waals surface area (Å²) < 4.78 is 1.08. The molecule has 1 aromatic carbocycles. The van der Waals surface area contributed by atoms with Crippen LogP contribution in [0.5, 0.6) is 0 Å². The third-order valence-corrected chi connectivity index (χ3v) is 5.35. The minimum atomic E-state index is 0.644. The number of rotatable bonds is 4. The number of para-hydroxylation sites is 1. The van der Waals surface area contributed by atoms with E-state index in [9.17, 15) is 0 Å². The maximum atomic E-state index is 4.62. The van der Waals surface area contributed by atoms with Crippen LogP contribution < -0.4 is 5.32 Å². The van der Waals surface area contributed by atoms with Crippen LogP contribution in [0.2, 0.25) is 0 Å². The number of hydrogen-bond acceptors (Lipinski definition) is 3. The van der Waals surface area contributed by atoms with Crippen LogP contribution in [0.4, 0.5) is 5.69 Å². The Balaban J connectivity index is 1.95. The van der Waals surface area contributed by atoms with Crippen molar-refractivity contribution in [1.82, 2.24) is 0 Å². The molecule has 98 valence electrons. The highest BCUT2D eigenvalue weighted by atomic mass is 79.9. The zero-order valence-electron chi connectivity index (χ0n) is 10.8. The SMILES string of the molecule is CCC(CC)C1CN=C(Nc2ccccc2Br)S1. The quantitative estimate of drug-likeness (QED) is 0.861. The fourth-order valence-corrected chi connectivity index (χ4v) is 3.91. The summed E-state index contributed by atoms with van der Waals surface area (Å²) in [4.78, 5) is 4.62. The van der Waals surface area contributed by atoms with Crippen LogP contribution in [0.1, 0.15) is 26.7 Å². The van der Waals surface area contributed by atoms with E-state index in [-0.39, 0.29) is 0 Å². The van der Waals surface area contributed by atoms with Crippen molar-refractivity contribution in [3.8, 4) is 0 Å².